The van der Waals surface area contributed by atoms with Crippen molar-refractivity contribution in [2.24, 2.45) is 0 Å². The summed E-state index contributed by atoms with van der Waals surface area (Å²) < 4.78 is 7.22. The summed E-state index contributed by atoms with van der Waals surface area (Å²) in [6, 6.07) is 8.93. The van der Waals surface area contributed by atoms with E-state index in [9.17, 15) is 9.59 Å². The Morgan fingerprint density at radius 2 is 1.89 bits per heavy atom. The van der Waals surface area contributed by atoms with Crippen molar-refractivity contribution in [2.75, 3.05) is 0 Å². The van der Waals surface area contributed by atoms with E-state index in [4.69, 9.17) is 39.5 Å². The molecule has 0 spiro atoms. The quantitative estimate of drug-likeness (QED) is 0.476. The molecule has 0 heterocycles. The van der Waals surface area contributed by atoms with Crippen LogP contribution in [-0.4, -0.2) is 22.3 Å². The fraction of sp³-hybridized carbons (Fsp3) is 0.273. The molecule has 0 bridgehead atoms. The molecule has 0 fully saturated rings. The van der Waals surface area contributed by atoms with Crippen molar-refractivity contribution in [3.8, 4) is 0 Å². The van der Waals surface area contributed by atoms with Gasteiger partial charge < -0.3 is 9.47 Å². The molecule has 1 atom stereocenters. The first kappa shape index (κ1) is 15.1. The molecule has 0 aromatic heterocycles. The predicted octanol–water partition coefficient (Wildman–Crippen LogP) is 2.64. The number of alkyl halides is 3. The number of halogens is 3. The summed E-state index contributed by atoms with van der Waals surface area (Å²) in [5.74, 6) is -0.925. The molecule has 98 valence electrons. The number of esters is 1. The van der Waals surface area contributed by atoms with Crippen LogP contribution in [0.1, 0.15) is 5.56 Å². The molecule has 0 radical (unpaired) electrons. The normalized spacial score (nSPS) is 12.6. The first-order chi connectivity index (χ1) is 8.45. The summed E-state index contributed by atoms with van der Waals surface area (Å²) in [5.41, 5.74) is 0.764. The number of rotatable bonds is 5. The van der Waals surface area contributed by atoms with Crippen LogP contribution in [0.15, 0.2) is 30.3 Å². The van der Waals surface area contributed by atoms with Gasteiger partial charge >= 0.3 is 5.97 Å². The maximum Gasteiger partial charge on any atom is 0.352 e. The van der Waals surface area contributed by atoms with Gasteiger partial charge in [0.2, 0.25) is 9.90 Å². The second kappa shape index (κ2) is 6.83. The van der Waals surface area contributed by atoms with E-state index in [1.54, 1.807) is 24.3 Å². The molecule has 4 nitrogen and oxygen atoms in total. The van der Waals surface area contributed by atoms with Crippen molar-refractivity contribution in [1.29, 1.82) is 0 Å². The molecule has 0 aliphatic rings. The molecule has 7 heteroatoms. The van der Waals surface area contributed by atoms with Gasteiger partial charge in [0.1, 0.15) is 6.61 Å². The third-order valence-electron chi connectivity index (χ3n) is 1.93. The van der Waals surface area contributed by atoms with Crippen LogP contribution < -0.4 is 0 Å². The summed E-state index contributed by atoms with van der Waals surface area (Å²) in [6.45, 7) is 0.0233. The molecule has 18 heavy (non-hydrogen) atoms. The van der Waals surface area contributed by atoms with E-state index in [0.29, 0.717) is 0 Å². The van der Waals surface area contributed by atoms with Crippen molar-refractivity contribution in [1.82, 2.24) is 0 Å². The highest BCUT2D eigenvalue weighted by Gasteiger charge is 2.41. The Morgan fingerprint density at radius 1 is 1.28 bits per heavy atom. The van der Waals surface area contributed by atoms with Crippen molar-refractivity contribution in [3.63, 3.8) is 0 Å². The Hall–Kier alpha value is -0.970. The van der Waals surface area contributed by atoms with E-state index in [2.05, 4.69) is 4.74 Å². The van der Waals surface area contributed by atoms with E-state index >= 15 is 0 Å². The number of hydrogen-bond acceptors (Lipinski definition) is 4. The van der Waals surface area contributed by atoms with Crippen molar-refractivity contribution in [3.05, 3.63) is 35.9 Å². The highest BCUT2D eigenvalue weighted by molar-refractivity contribution is 6.68. The second-order valence-electron chi connectivity index (χ2n) is 3.25. The van der Waals surface area contributed by atoms with Crippen molar-refractivity contribution in [2.45, 2.75) is 16.5 Å². The average molecular weight is 312 g/mol. The topological polar surface area (TPSA) is 52.6 Å². The first-order valence-corrected chi connectivity index (χ1v) is 5.95. The summed E-state index contributed by atoms with van der Waals surface area (Å²) in [5, 5.41) is 0. The number of carbonyl (C=O) groups is 2. The lowest BCUT2D eigenvalue weighted by Crippen LogP contribution is -2.37. The molecule has 0 aliphatic carbocycles. The fourth-order valence-electron chi connectivity index (χ4n) is 1.13. The van der Waals surface area contributed by atoms with E-state index < -0.39 is 15.9 Å². The maximum atomic E-state index is 11.6. The van der Waals surface area contributed by atoms with Crippen LogP contribution in [0.25, 0.3) is 0 Å². The van der Waals surface area contributed by atoms with Crippen LogP contribution in [0.5, 0.6) is 0 Å². The summed E-state index contributed by atoms with van der Waals surface area (Å²) in [7, 11) is 0. The van der Waals surface area contributed by atoms with Gasteiger partial charge in [-0.3, -0.25) is 4.79 Å². The highest BCUT2D eigenvalue weighted by atomic mass is 35.6. The Balaban J connectivity index is 2.60. The Kier molecular flexibility index (Phi) is 5.72. The van der Waals surface area contributed by atoms with E-state index in [1.807, 2.05) is 6.07 Å². The lowest BCUT2D eigenvalue weighted by molar-refractivity contribution is -0.162. The average Bonchev–Trinajstić information content (AvgIpc) is 2.33. The molecular weight excluding hydrogens is 302 g/mol. The van der Waals surface area contributed by atoms with Gasteiger partial charge in [0, 0.05) is 0 Å². The van der Waals surface area contributed by atoms with Crippen LogP contribution in [0, 0.1) is 0 Å². The lowest BCUT2D eigenvalue weighted by atomic mass is 10.2. The zero-order chi connectivity index (χ0) is 13.6. The standard InChI is InChI=1S/C11H9Cl3O4/c12-11(13,14)9(18-7-15)10(16)17-6-8-4-2-1-3-5-8/h1-5,7,9H,6H2. The monoisotopic (exact) mass is 310 g/mol. The van der Waals surface area contributed by atoms with Crippen molar-refractivity contribution < 1.29 is 19.1 Å². The molecule has 0 amide bonds. The summed E-state index contributed by atoms with van der Waals surface area (Å²) >= 11 is 16.5. The van der Waals surface area contributed by atoms with Crippen LogP contribution in [-0.2, 0) is 25.7 Å². The minimum absolute atomic E-state index is 0.000856. The van der Waals surface area contributed by atoms with Crippen molar-refractivity contribution >= 4 is 47.2 Å². The Labute approximate surface area is 119 Å². The number of hydrogen-bond donors (Lipinski definition) is 0. The zero-order valence-corrected chi connectivity index (χ0v) is 11.3. The minimum atomic E-state index is -2.07. The third-order valence-corrected chi connectivity index (χ3v) is 2.52. The Bertz CT molecular complexity index is 402. The minimum Gasteiger partial charge on any atom is -0.458 e. The summed E-state index contributed by atoms with van der Waals surface area (Å²) in [4.78, 5) is 21.8. The number of ether oxygens (including phenoxy) is 2. The van der Waals surface area contributed by atoms with Crippen LogP contribution in [0.3, 0.4) is 0 Å². The zero-order valence-electron chi connectivity index (χ0n) is 9.02. The molecule has 1 unspecified atom stereocenters. The van der Waals surface area contributed by atoms with E-state index in [0.717, 1.165) is 5.56 Å². The molecule has 0 saturated heterocycles. The van der Waals surface area contributed by atoms with Crippen LogP contribution >= 0.6 is 34.8 Å². The first-order valence-electron chi connectivity index (χ1n) is 4.81. The van der Waals surface area contributed by atoms with Gasteiger partial charge in [-0.05, 0) is 5.56 Å². The molecule has 0 saturated carbocycles. The van der Waals surface area contributed by atoms with Crippen LogP contribution in [0.2, 0.25) is 0 Å². The van der Waals surface area contributed by atoms with Crippen LogP contribution in [0.4, 0.5) is 0 Å². The smallest absolute Gasteiger partial charge is 0.352 e. The lowest BCUT2D eigenvalue weighted by Gasteiger charge is -2.20. The van der Waals surface area contributed by atoms with E-state index in [-0.39, 0.29) is 13.1 Å². The Morgan fingerprint density at radius 3 is 2.39 bits per heavy atom. The third kappa shape index (κ3) is 4.72. The van der Waals surface area contributed by atoms with E-state index in [1.165, 1.54) is 0 Å². The molecule has 0 N–H and O–H groups in total. The van der Waals surface area contributed by atoms with Gasteiger partial charge in [-0.1, -0.05) is 65.1 Å². The number of benzene rings is 1. The molecule has 0 aliphatic heterocycles. The van der Waals surface area contributed by atoms with Gasteiger partial charge in [-0.15, -0.1) is 0 Å². The summed E-state index contributed by atoms with van der Waals surface area (Å²) in [6.07, 6.45) is -1.59. The largest absolute Gasteiger partial charge is 0.458 e. The second-order valence-corrected chi connectivity index (χ2v) is 5.62. The maximum absolute atomic E-state index is 11.6. The number of carbonyl (C=O) groups excluding carboxylic acids is 2. The predicted molar refractivity (Wildman–Crippen MR) is 67.5 cm³/mol. The van der Waals surface area contributed by atoms with Gasteiger partial charge in [-0.2, -0.15) is 0 Å². The highest BCUT2D eigenvalue weighted by Crippen LogP contribution is 2.32. The van der Waals surface area contributed by atoms with Gasteiger partial charge in [0.15, 0.2) is 0 Å². The molecule has 1 rings (SSSR count). The van der Waals surface area contributed by atoms with Gasteiger partial charge in [-0.25, -0.2) is 4.79 Å². The molecular formula is C11H9Cl3O4. The SMILES string of the molecule is O=COC(C(=O)OCc1ccccc1)C(Cl)(Cl)Cl. The molecule has 1 aromatic rings. The van der Waals surface area contributed by atoms with Gasteiger partial charge in [0.05, 0.1) is 0 Å². The van der Waals surface area contributed by atoms with Gasteiger partial charge in [0.25, 0.3) is 6.47 Å². The molecule has 1 aromatic carbocycles. The fourth-order valence-corrected chi connectivity index (χ4v) is 1.55.